The number of rotatable bonds is 2. The lowest BCUT2D eigenvalue weighted by Gasteiger charge is -2.17. The van der Waals surface area contributed by atoms with Crippen molar-refractivity contribution in [2.24, 2.45) is 0 Å². The van der Waals surface area contributed by atoms with Crippen LogP contribution in [-0.2, 0) is 0 Å². The van der Waals surface area contributed by atoms with E-state index in [2.05, 4.69) is 26.0 Å². The first-order valence-corrected chi connectivity index (χ1v) is 6.03. The quantitative estimate of drug-likeness (QED) is 0.898. The average Bonchev–Trinajstić information content (AvgIpc) is 2.71. The SMILES string of the molecule is FC(F)(F)Oc1ccc(Br)cc1[C@@H]1CCCN1. The Bertz CT molecular complexity index is 402. The van der Waals surface area contributed by atoms with Gasteiger partial charge in [-0.1, -0.05) is 15.9 Å². The average molecular weight is 310 g/mol. The van der Waals surface area contributed by atoms with Crippen molar-refractivity contribution in [3.05, 3.63) is 28.2 Å². The van der Waals surface area contributed by atoms with Gasteiger partial charge in [-0.3, -0.25) is 0 Å². The third kappa shape index (κ3) is 3.35. The van der Waals surface area contributed by atoms with Gasteiger partial charge in [-0.25, -0.2) is 0 Å². The minimum atomic E-state index is -4.65. The second-order valence-corrected chi connectivity index (χ2v) is 4.79. The van der Waals surface area contributed by atoms with E-state index in [-0.39, 0.29) is 11.8 Å². The van der Waals surface area contributed by atoms with Gasteiger partial charge in [0.05, 0.1) is 0 Å². The van der Waals surface area contributed by atoms with Crippen molar-refractivity contribution in [3.63, 3.8) is 0 Å². The van der Waals surface area contributed by atoms with Crippen LogP contribution >= 0.6 is 15.9 Å². The molecule has 1 aromatic rings. The summed E-state index contributed by atoms with van der Waals surface area (Å²) in [4.78, 5) is 0. The maximum atomic E-state index is 12.3. The van der Waals surface area contributed by atoms with E-state index in [0.29, 0.717) is 5.56 Å². The van der Waals surface area contributed by atoms with Gasteiger partial charge in [0, 0.05) is 16.1 Å². The topological polar surface area (TPSA) is 21.3 Å². The summed E-state index contributed by atoms with van der Waals surface area (Å²) in [5.74, 6) is -0.125. The van der Waals surface area contributed by atoms with Crippen LogP contribution in [0.25, 0.3) is 0 Å². The highest BCUT2D eigenvalue weighted by molar-refractivity contribution is 9.10. The van der Waals surface area contributed by atoms with Crippen molar-refractivity contribution in [2.75, 3.05) is 6.54 Å². The lowest BCUT2D eigenvalue weighted by molar-refractivity contribution is -0.275. The van der Waals surface area contributed by atoms with Crippen molar-refractivity contribution in [3.8, 4) is 5.75 Å². The molecule has 17 heavy (non-hydrogen) atoms. The summed E-state index contributed by atoms with van der Waals surface area (Å²) >= 11 is 3.26. The number of benzene rings is 1. The fourth-order valence-electron chi connectivity index (χ4n) is 1.96. The second kappa shape index (κ2) is 4.86. The minimum Gasteiger partial charge on any atom is -0.405 e. The van der Waals surface area contributed by atoms with Crippen LogP contribution in [0.4, 0.5) is 13.2 Å². The summed E-state index contributed by atoms with van der Waals surface area (Å²) < 4.78 is 41.5. The first kappa shape index (κ1) is 12.7. The van der Waals surface area contributed by atoms with Crippen LogP contribution in [0.15, 0.2) is 22.7 Å². The third-order valence-electron chi connectivity index (χ3n) is 2.63. The zero-order chi connectivity index (χ0) is 12.5. The van der Waals surface area contributed by atoms with E-state index in [0.717, 1.165) is 23.9 Å². The zero-order valence-corrected chi connectivity index (χ0v) is 10.4. The van der Waals surface area contributed by atoms with E-state index < -0.39 is 6.36 Å². The molecule has 1 saturated heterocycles. The molecular formula is C11H11BrF3NO. The van der Waals surface area contributed by atoms with E-state index in [9.17, 15) is 13.2 Å². The smallest absolute Gasteiger partial charge is 0.405 e. The second-order valence-electron chi connectivity index (χ2n) is 3.88. The lowest BCUT2D eigenvalue weighted by Crippen LogP contribution is -2.20. The maximum Gasteiger partial charge on any atom is 0.573 e. The van der Waals surface area contributed by atoms with E-state index in [4.69, 9.17) is 0 Å². The largest absolute Gasteiger partial charge is 0.573 e. The fourth-order valence-corrected chi connectivity index (χ4v) is 2.34. The number of hydrogen-bond acceptors (Lipinski definition) is 2. The molecule has 1 fully saturated rings. The Kier molecular flexibility index (Phi) is 3.63. The van der Waals surface area contributed by atoms with Gasteiger partial charge < -0.3 is 10.1 Å². The van der Waals surface area contributed by atoms with Crippen molar-refractivity contribution in [2.45, 2.75) is 25.2 Å². The normalized spacial score (nSPS) is 20.6. The molecule has 0 aromatic heterocycles. The molecule has 0 saturated carbocycles. The highest BCUT2D eigenvalue weighted by Crippen LogP contribution is 2.35. The summed E-state index contributed by atoms with van der Waals surface area (Å²) in [6.45, 7) is 0.822. The predicted octanol–water partition coefficient (Wildman–Crippen LogP) is 3.77. The molecule has 1 aliphatic rings. The molecule has 0 spiro atoms. The van der Waals surface area contributed by atoms with Gasteiger partial charge in [0.2, 0.25) is 0 Å². The van der Waals surface area contributed by atoms with E-state index in [1.165, 1.54) is 6.07 Å². The molecule has 1 aromatic carbocycles. The zero-order valence-electron chi connectivity index (χ0n) is 8.85. The van der Waals surface area contributed by atoms with E-state index >= 15 is 0 Å². The van der Waals surface area contributed by atoms with Crippen LogP contribution < -0.4 is 10.1 Å². The van der Waals surface area contributed by atoms with E-state index in [1.807, 2.05) is 0 Å². The summed E-state index contributed by atoms with van der Waals surface area (Å²) in [7, 11) is 0. The highest BCUT2D eigenvalue weighted by atomic mass is 79.9. The molecule has 1 N–H and O–H groups in total. The molecule has 0 amide bonds. The Morgan fingerprint density at radius 3 is 2.71 bits per heavy atom. The van der Waals surface area contributed by atoms with Crippen LogP contribution in [0, 0.1) is 0 Å². The van der Waals surface area contributed by atoms with Crippen molar-refractivity contribution >= 4 is 15.9 Å². The molecule has 0 aliphatic carbocycles. The molecule has 1 atom stereocenters. The Balaban J connectivity index is 2.30. The number of halogens is 4. The maximum absolute atomic E-state index is 12.3. The molecule has 94 valence electrons. The van der Waals surface area contributed by atoms with Gasteiger partial charge in [-0.2, -0.15) is 0 Å². The van der Waals surface area contributed by atoms with Crippen LogP contribution in [0.5, 0.6) is 5.75 Å². The van der Waals surface area contributed by atoms with Gasteiger partial charge in [0.15, 0.2) is 0 Å². The Labute approximate surface area is 105 Å². The van der Waals surface area contributed by atoms with Gasteiger partial charge in [0.1, 0.15) is 5.75 Å². The third-order valence-corrected chi connectivity index (χ3v) is 3.13. The number of alkyl halides is 3. The molecule has 1 aliphatic heterocycles. The van der Waals surface area contributed by atoms with Crippen LogP contribution in [0.1, 0.15) is 24.4 Å². The fraction of sp³-hybridized carbons (Fsp3) is 0.455. The summed E-state index contributed by atoms with van der Waals surface area (Å²) in [6, 6.07) is 4.49. The first-order valence-electron chi connectivity index (χ1n) is 5.24. The van der Waals surface area contributed by atoms with Gasteiger partial charge in [-0.15, -0.1) is 13.2 Å². The van der Waals surface area contributed by atoms with Gasteiger partial charge in [0.25, 0.3) is 0 Å². The molecule has 0 bridgehead atoms. The summed E-state index contributed by atoms with van der Waals surface area (Å²) in [6.07, 6.45) is -2.87. The Morgan fingerprint density at radius 1 is 1.35 bits per heavy atom. The first-order chi connectivity index (χ1) is 7.96. The predicted molar refractivity (Wildman–Crippen MR) is 60.8 cm³/mol. The highest BCUT2D eigenvalue weighted by Gasteiger charge is 2.33. The molecule has 2 nitrogen and oxygen atoms in total. The lowest BCUT2D eigenvalue weighted by atomic mass is 10.0. The molecule has 0 radical (unpaired) electrons. The molecule has 0 unspecified atom stereocenters. The van der Waals surface area contributed by atoms with Crippen LogP contribution in [-0.4, -0.2) is 12.9 Å². The molecule has 6 heteroatoms. The van der Waals surface area contributed by atoms with Crippen LogP contribution in [0.2, 0.25) is 0 Å². The van der Waals surface area contributed by atoms with Crippen molar-refractivity contribution < 1.29 is 17.9 Å². The minimum absolute atomic E-state index is 0.0650. The van der Waals surface area contributed by atoms with E-state index in [1.54, 1.807) is 12.1 Å². The standard InChI is InChI=1S/C11H11BrF3NO/c12-7-3-4-10(17-11(13,14)15)8(6-7)9-2-1-5-16-9/h3-4,6,9,16H,1-2,5H2/t9-/m0/s1. The molecule has 2 rings (SSSR count). The van der Waals surface area contributed by atoms with Crippen molar-refractivity contribution in [1.82, 2.24) is 5.32 Å². The molecular weight excluding hydrogens is 299 g/mol. The Hall–Kier alpha value is -0.750. The Morgan fingerprint density at radius 2 is 2.12 bits per heavy atom. The van der Waals surface area contributed by atoms with Crippen LogP contribution in [0.3, 0.4) is 0 Å². The monoisotopic (exact) mass is 309 g/mol. The summed E-state index contributed by atoms with van der Waals surface area (Å²) in [5.41, 5.74) is 0.550. The number of nitrogens with one attached hydrogen (secondary N) is 1. The number of hydrogen-bond donors (Lipinski definition) is 1. The number of ether oxygens (including phenoxy) is 1. The molecule has 1 heterocycles. The van der Waals surface area contributed by atoms with Gasteiger partial charge >= 0.3 is 6.36 Å². The van der Waals surface area contributed by atoms with Gasteiger partial charge in [-0.05, 0) is 37.6 Å². The summed E-state index contributed by atoms with van der Waals surface area (Å²) in [5, 5.41) is 3.16. The van der Waals surface area contributed by atoms with Crippen molar-refractivity contribution in [1.29, 1.82) is 0 Å².